The van der Waals surface area contributed by atoms with Gasteiger partial charge in [-0.2, -0.15) is 0 Å². The zero-order chi connectivity index (χ0) is 27.9. The maximum atomic E-state index is 13.5. The number of aliphatic hydroxyl groups is 2. The van der Waals surface area contributed by atoms with E-state index in [2.05, 4.69) is 4.98 Å². The van der Waals surface area contributed by atoms with Gasteiger partial charge in [0.1, 0.15) is 41.6 Å². The first-order valence-electron chi connectivity index (χ1n) is 13.0. The lowest BCUT2D eigenvalue weighted by atomic mass is 9.75. The molecule has 8 heteroatoms. The number of methoxy groups -OCH3 is 2. The molecule has 6 rings (SSSR count). The van der Waals surface area contributed by atoms with Gasteiger partial charge in [0.05, 0.1) is 20.4 Å². The standard InChI is InChI=1S/C32H29NO7/c1-37-23-15-13-22(14-16-23)32-26(21-11-7-4-8-12-21)27(29(34)38-2)31(36,30(32)35)28-25(40-32)17-24(18-33-28)39-19-20-9-5-3-6-10-20/h3-18,26-27,30,35-36H,19H2,1-2H3/t26?,27?,30-,31-,32+/m1/s1. The van der Waals surface area contributed by atoms with Crippen LogP contribution in [-0.2, 0) is 27.3 Å². The first kappa shape index (κ1) is 25.9. The summed E-state index contributed by atoms with van der Waals surface area (Å²) in [7, 11) is 2.82. The van der Waals surface area contributed by atoms with Crippen LogP contribution in [0.4, 0.5) is 0 Å². The number of hydrogen-bond acceptors (Lipinski definition) is 8. The smallest absolute Gasteiger partial charge is 0.312 e. The van der Waals surface area contributed by atoms with E-state index in [1.807, 2.05) is 60.7 Å². The number of esters is 1. The molecule has 2 unspecified atom stereocenters. The first-order valence-corrected chi connectivity index (χ1v) is 13.0. The maximum absolute atomic E-state index is 13.5. The number of rotatable bonds is 7. The zero-order valence-electron chi connectivity index (χ0n) is 22.1. The molecule has 1 saturated carbocycles. The number of fused-ring (bicyclic) bond motifs is 4. The fraction of sp³-hybridized carbons (Fsp3) is 0.250. The van der Waals surface area contributed by atoms with Gasteiger partial charge in [0.15, 0.2) is 11.2 Å². The Morgan fingerprint density at radius 2 is 1.62 bits per heavy atom. The van der Waals surface area contributed by atoms with E-state index in [-0.39, 0.29) is 11.4 Å². The Morgan fingerprint density at radius 1 is 0.950 bits per heavy atom. The lowest BCUT2D eigenvalue weighted by molar-refractivity contribution is -0.173. The lowest BCUT2D eigenvalue weighted by Crippen LogP contribution is -2.55. The van der Waals surface area contributed by atoms with Gasteiger partial charge in [-0.3, -0.25) is 9.78 Å². The molecule has 2 aliphatic rings. The molecule has 5 atom stereocenters. The van der Waals surface area contributed by atoms with Crippen molar-refractivity contribution in [1.82, 2.24) is 4.98 Å². The molecule has 3 aromatic carbocycles. The number of aliphatic hydroxyl groups excluding tert-OH is 1. The minimum atomic E-state index is -2.13. The second-order valence-corrected chi connectivity index (χ2v) is 10.0. The molecule has 0 spiro atoms. The SMILES string of the molecule is COC(=O)C1C(c2ccccc2)[C@]2(c3ccc(OC)cc3)Oc3cc(OCc4ccccc4)cnc3[C@@]1(O)[C@H]2O. The average Bonchev–Trinajstić information content (AvgIpc) is 3.13. The summed E-state index contributed by atoms with van der Waals surface area (Å²) in [5.41, 5.74) is -1.43. The summed E-state index contributed by atoms with van der Waals surface area (Å²) in [6.07, 6.45) is -0.112. The third kappa shape index (κ3) is 3.83. The molecule has 1 aromatic heterocycles. The topological polar surface area (TPSA) is 107 Å². The van der Waals surface area contributed by atoms with Gasteiger partial charge in [-0.15, -0.1) is 0 Å². The molecule has 1 fully saturated rings. The van der Waals surface area contributed by atoms with Crippen LogP contribution in [0.3, 0.4) is 0 Å². The number of ether oxygens (including phenoxy) is 4. The number of pyridine rings is 1. The van der Waals surface area contributed by atoms with Gasteiger partial charge in [0, 0.05) is 12.0 Å². The second kappa shape index (κ2) is 9.97. The number of carbonyl (C=O) groups excluding carboxylic acids is 1. The summed E-state index contributed by atoms with van der Waals surface area (Å²) in [6.45, 7) is 0.301. The van der Waals surface area contributed by atoms with Crippen LogP contribution in [0.25, 0.3) is 0 Å². The summed E-state index contributed by atoms with van der Waals surface area (Å²) < 4.78 is 23.3. The van der Waals surface area contributed by atoms with Crippen LogP contribution in [0.5, 0.6) is 17.2 Å². The van der Waals surface area contributed by atoms with Crippen LogP contribution in [0.15, 0.2) is 97.2 Å². The van der Waals surface area contributed by atoms with Crippen molar-refractivity contribution in [3.05, 3.63) is 120 Å². The molecule has 1 aliphatic carbocycles. The Morgan fingerprint density at radius 3 is 2.27 bits per heavy atom. The van der Waals surface area contributed by atoms with Crippen molar-refractivity contribution in [2.75, 3.05) is 14.2 Å². The number of hydrogen-bond donors (Lipinski definition) is 2. The van der Waals surface area contributed by atoms with E-state index in [1.165, 1.54) is 13.3 Å². The van der Waals surface area contributed by atoms with Crippen molar-refractivity contribution in [3.63, 3.8) is 0 Å². The predicted octanol–water partition coefficient (Wildman–Crippen LogP) is 4.09. The van der Waals surface area contributed by atoms with Gasteiger partial charge in [-0.25, -0.2) is 0 Å². The van der Waals surface area contributed by atoms with Gasteiger partial charge in [0.25, 0.3) is 0 Å². The Hall–Kier alpha value is -4.40. The molecule has 40 heavy (non-hydrogen) atoms. The quantitative estimate of drug-likeness (QED) is 0.338. The van der Waals surface area contributed by atoms with E-state index in [9.17, 15) is 15.0 Å². The maximum Gasteiger partial charge on any atom is 0.312 e. The fourth-order valence-corrected chi connectivity index (χ4v) is 6.16. The first-order chi connectivity index (χ1) is 19.4. The molecule has 4 aromatic rings. The monoisotopic (exact) mass is 539 g/mol. The molecule has 0 radical (unpaired) electrons. The molecule has 8 nitrogen and oxygen atoms in total. The number of nitrogens with zero attached hydrogens (tertiary/aromatic N) is 1. The average molecular weight is 540 g/mol. The van der Waals surface area contributed by atoms with E-state index in [0.29, 0.717) is 29.2 Å². The Bertz CT molecular complexity index is 1510. The highest BCUT2D eigenvalue weighted by Crippen LogP contribution is 2.66. The summed E-state index contributed by atoms with van der Waals surface area (Å²) in [5.74, 6) is -1.52. The molecule has 0 amide bonds. The molecule has 2 N–H and O–H groups in total. The zero-order valence-corrected chi connectivity index (χ0v) is 22.1. The summed E-state index contributed by atoms with van der Waals surface area (Å²) in [6, 6.07) is 27.6. The molecule has 1 aliphatic heterocycles. The Kier molecular flexibility index (Phi) is 6.44. The van der Waals surface area contributed by atoms with Crippen LogP contribution >= 0.6 is 0 Å². The van der Waals surface area contributed by atoms with Crippen molar-refractivity contribution < 1.29 is 34.0 Å². The van der Waals surface area contributed by atoms with Crippen LogP contribution in [0.1, 0.15) is 28.3 Å². The summed E-state index contributed by atoms with van der Waals surface area (Å²) >= 11 is 0. The Labute approximate surface area is 231 Å². The highest BCUT2D eigenvalue weighted by atomic mass is 16.5. The molecule has 204 valence electrons. The van der Waals surface area contributed by atoms with Gasteiger partial charge < -0.3 is 29.2 Å². The van der Waals surface area contributed by atoms with Crippen molar-refractivity contribution in [2.24, 2.45) is 5.92 Å². The van der Waals surface area contributed by atoms with Gasteiger partial charge in [-0.1, -0.05) is 72.8 Å². The third-order valence-corrected chi connectivity index (χ3v) is 7.98. The highest BCUT2D eigenvalue weighted by molar-refractivity contribution is 5.78. The van der Waals surface area contributed by atoms with Crippen LogP contribution in [0.2, 0.25) is 0 Å². The third-order valence-electron chi connectivity index (χ3n) is 7.98. The van der Waals surface area contributed by atoms with Crippen molar-refractivity contribution in [1.29, 1.82) is 0 Å². The van der Waals surface area contributed by atoms with Gasteiger partial charge in [0.2, 0.25) is 0 Å². The summed E-state index contributed by atoms with van der Waals surface area (Å²) in [4.78, 5) is 18.0. The van der Waals surface area contributed by atoms with E-state index >= 15 is 0 Å². The molecule has 2 bridgehead atoms. The van der Waals surface area contributed by atoms with Gasteiger partial charge in [-0.05, 0) is 28.8 Å². The number of carbonyl (C=O) groups is 1. The van der Waals surface area contributed by atoms with Crippen molar-refractivity contribution in [3.8, 4) is 17.2 Å². The number of benzene rings is 3. The van der Waals surface area contributed by atoms with E-state index in [0.717, 1.165) is 5.56 Å². The second-order valence-electron chi connectivity index (χ2n) is 10.0. The van der Waals surface area contributed by atoms with Crippen LogP contribution in [-0.4, -0.2) is 41.5 Å². The fourth-order valence-electron chi connectivity index (χ4n) is 6.16. The largest absolute Gasteiger partial charge is 0.497 e. The van der Waals surface area contributed by atoms with E-state index < -0.39 is 35.1 Å². The number of aromatic nitrogens is 1. The predicted molar refractivity (Wildman–Crippen MR) is 145 cm³/mol. The summed E-state index contributed by atoms with van der Waals surface area (Å²) in [5, 5.41) is 24.4. The minimum Gasteiger partial charge on any atom is -0.497 e. The van der Waals surface area contributed by atoms with E-state index in [1.54, 1.807) is 37.4 Å². The van der Waals surface area contributed by atoms with Crippen molar-refractivity contribution >= 4 is 5.97 Å². The Balaban J connectivity index is 1.54. The van der Waals surface area contributed by atoms with Crippen LogP contribution < -0.4 is 14.2 Å². The normalized spacial score (nSPS) is 26.4. The van der Waals surface area contributed by atoms with Crippen molar-refractivity contribution in [2.45, 2.75) is 29.8 Å². The highest BCUT2D eigenvalue weighted by Gasteiger charge is 2.76. The minimum absolute atomic E-state index is 0.0463. The molecular weight excluding hydrogens is 510 g/mol. The lowest BCUT2D eigenvalue weighted by Gasteiger charge is -2.44. The molecule has 2 heterocycles. The molecular formula is C32H29NO7. The van der Waals surface area contributed by atoms with Crippen LogP contribution in [0, 0.1) is 5.92 Å². The van der Waals surface area contributed by atoms with Gasteiger partial charge >= 0.3 is 5.97 Å². The van der Waals surface area contributed by atoms with E-state index in [4.69, 9.17) is 18.9 Å². The molecule has 0 saturated heterocycles.